The molecule has 2 heterocycles. The van der Waals surface area contributed by atoms with Crippen molar-refractivity contribution in [2.45, 2.75) is 25.2 Å². The number of benzene rings is 2. The third-order valence-corrected chi connectivity index (χ3v) is 4.72. The predicted octanol–water partition coefficient (Wildman–Crippen LogP) is 2.16. The number of fused-ring (bicyclic) bond motifs is 1. The van der Waals surface area contributed by atoms with Gasteiger partial charge in [0.1, 0.15) is 16.7 Å². The van der Waals surface area contributed by atoms with Crippen molar-refractivity contribution in [3.8, 4) is 40.1 Å². The molecule has 9 heteroatoms. The van der Waals surface area contributed by atoms with Crippen molar-refractivity contribution in [1.29, 1.82) is 0 Å². The van der Waals surface area contributed by atoms with Gasteiger partial charge in [-0.25, -0.2) is 0 Å². The SMILES string of the molecule is O=c1cc(-c2ccc(O)c(O)c2)oc2cc(O[C@@H]3CCC(CO)O3)c(O)c(O)c12. The van der Waals surface area contributed by atoms with E-state index in [0.717, 1.165) is 6.07 Å². The van der Waals surface area contributed by atoms with Crippen molar-refractivity contribution < 1.29 is 39.4 Å². The smallest absolute Gasteiger partial charge is 0.201 e. The van der Waals surface area contributed by atoms with Gasteiger partial charge in [-0.2, -0.15) is 0 Å². The molecule has 2 aromatic carbocycles. The molecule has 152 valence electrons. The second kappa shape index (κ2) is 7.19. The van der Waals surface area contributed by atoms with Gasteiger partial charge in [-0.3, -0.25) is 4.79 Å². The van der Waals surface area contributed by atoms with E-state index in [1.54, 1.807) is 0 Å². The normalized spacial score (nSPS) is 18.9. The molecule has 4 rings (SSSR count). The van der Waals surface area contributed by atoms with Gasteiger partial charge in [0.05, 0.1) is 12.7 Å². The topological polar surface area (TPSA) is 150 Å². The summed E-state index contributed by atoms with van der Waals surface area (Å²) in [5, 5.41) is 48.6. The fourth-order valence-corrected chi connectivity index (χ4v) is 3.21. The fourth-order valence-electron chi connectivity index (χ4n) is 3.21. The van der Waals surface area contributed by atoms with Crippen molar-refractivity contribution in [3.05, 3.63) is 40.6 Å². The summed E-state index contributed by atoms with van der Waals surface area (Å²) in [6, 6.07) is 6.26. The first-order valence-electron chi connectivity index (χ1n) is 8.85. The zero-order valence-corrected chi connectivity index (χ0v) is 15.0. The summed E-state index contributed by atoms with van der Waals surface area (Å²) >= 11 is 0. The third-order valence-electron chi connectivity index (χ3n) is 4.72. The number of aromatic hydroxyl groups is 4. The number of aliphatic hydroxyl groups is 1. The average molecular weight is 402 g/mol. The molecule has 1 saturated heterocycles. The molecule has 0 bridgehead atoms. The lowest BCUT2D eigenvalue weighted by atomic mass is 10.1. The molecule has 0 radical (unpaired) electrons. The number of rotatable bonds is 4. The van der Waals surface area contributed by atoms with E-state index in [9.17, 15) is 25.2 Å². The van der Waals surface area contributed by atoms with E-state index in [4.69, 9.17) is 19.0 Å². The third kappa shape index (κ3) is 3.41. The monoisotopic (exact) mass is 402 g/mol. The highest BCUT2D eigenvalue weighted by molar-refractivity contribution is 5.89. The molecule has 1 aliphatic heterocycles. The number of aliphatic hydroxyl groups excluding tert-OH is 1. The van der Waals surface area contributed by atoms with Gasteiger partial charge in [0.2, 0.25) is 12.0 Å². The molecule has 29 heavy (non-hydrogen) atoms. The average Bonchev–Trinajstić information content (AvgIpc) is 3.15. The van der Waals surface area contributed by atoms with Gasteiger partial charge >= 0.3 is 0 Å². The predicted molar refractivity (Wildman–Crippen MR) is 100 cm³/mol. The maximum Gasteiger partial charge on any atom is 0.201 e. The molecule has 1 unspecified atom stereocenters. The van der Waals surface area contributed by atoms with Crippen LogP contribution in [0.4, 0.5) is 0 Å². The van der Waals surface area contributed by atoms with E-state index in [1.807, 2.05) is 0 Å². The molecule has 5 N–H and O–H groups in total. The van der Waals surface area contributed by atoms with Crippen molar-refractivity contribution in [2.24, 2.45) is 0 Å². The van der Waals surface area contributed by atoms with Gasteiger partial charge in [0, 0.05) is 24.1 Å². The van der Waals surface area contributed by atoms with Crippen LogP contribution in [0.5, 0.6) is 28.7 Å². The van der Waals surface area contributed by atoms with Crippen LogP contribution < -0.4 is 10.2 Å². The van der Waals surface area contributed by atoms with E-state index in [-0.39, 0.29) is 46.7 Å². The largest absolute Gasteiger partial charge is 0.504 e. The minimum atomic E-state index is -0.737. The molecule has 0 saturated carbocycles. The van der Waals surface area contributed by atoms with Crippen LogP contribution in [0.3, 0.4) is 0 Å². The summed E-state index contributed by atoms with van der Waals surface area (Å²) in [7, 11) is 0. The quantitative estimate of drug-likeness (QED) is 0.414. The first-order valence-corrected chi connectivity index (χ1v) is 8.85. The zero-order valence-electron chi connectivity index (χ0n) is 15.0. The van der Waals surface area contributed by atoms with E-state index >= 15 is 0 Å². The van der Waals surface area contributed by atoms with Gasteiger partial charge in [0.25, 0.3) is 0 Å². The molecule has 1 aliphatic rings. The number of phenols is 4. The Kier molecular flexibility index (Phi) is 4.69. The van der Waals surface area contributed by atoms with Crippen LogP contribution >= 0.6 is 0 Å². The zero-order chi connectivity index (χ0) is 20.7. The summed E-state index contributed by atoms with van der Waals surface area (Å²) in [6.07, 6.45) is -0.0626. The second-order valence-corrected chi connectivity index (χ2v) is 6.69. The lowest BCUT2D eigenvalue weighted by molar-refractivity contribution is -0.0858. The molecular formula is C20H18O9. The number of phenolic OH excluding ortho intramolecular Hbond substituents is 4. The molecule has 0 amide bonds. The van der Waals surface area contributed by atoms with Gasteiger partial charge in [-0.15, -0.1) is 0 Å². The second-order valence-electron chi connectivity index (χ2n) is 6.69. The van der Waals surface area contributed by atoms with Crippen LogP contribution in [-0.4, -0.2) is 44.5 Å². The Balaban J connectivity index is 1.78. The minimum absolute atomic E-state index is 0.0536. The minimum Gasteiger partial charge on any atom is -0.504 e. The number of hydrogen-bond donors (Lipinski definition) is 5. The van der Waals surface area contributed by atoms with Gasteiger partial charge in [-0.1, -0.05) is 0 Å². The Morgan fingerprint density at radius 3 is 2.48 bits per heavy atom. The van der Waals surface area contributed by atoms with E-state index in [2.05, 4.69) is 0 Å². The van der Waals surface area contributed by atoms with E-state index in [0.29, 0.717) is 18.4 Å². The highest BCUT2D eigenvalue weighted by Gasteiger charge is 2.28. The highest BCUT2D eigenvalue weighted by atomic mass is 16.7. The lowest BCUT2D eigenvalue weighted by Crippen LogP contribution is -2.19. The Morgan fingerprint density at radius 2 is 1.79 bits per heavy atom. The fraction of sp³-hybridized carbons (Fsp3) is 0.250. The van der Waals surface area contributed by atoms with Crippen molar-refractivity contribution in [1.82, 2.24) is 0 Å². The molecular weight excluding hydrogens is 384 g/mol. The van der Waals surface area contributed by atoms with Crippen molar-refractivity contribution in [3.63, 3.8) is 0 Å². The first kappa shape index (κ1) is 18.9. The first-order chi connectivity index (χ1) is 13.9. The summed E-state index contributed by atoms with van der Waals surface area (Å²) in [5.41, 5.74) is -0.355. The summed E-state index contributed by atoms with van der Waals surface area (Å²) < 4.78 is 16.7. The van der Waals surface area contributed by atoms with Crippen molar-refractivity contribution in [2.75, 3.05) is 6.61 Å². The molecule has 3 aromatic rings. The van der Waals surface area contributed by atoms with Crippen LogP contribution in [0.15, 0.2) is 39.5 Å². The van der Waals surface area contributed by atoms with Gasteiger partial charge in [-0.05, 0) is 24.6 Å². The number of hydrogen-bond acceptors (Lipinski definition) is 9. The van der Waals surface area contributed by atoms with Crippen LogP contribution in [0.25, 0.3) is 22.3 Å². The molecule has 9 nitrogen and oxygen atoms in total. The lowest BCUT2D eigenvalue weighted by Gasteiger charge is -2.16. The van der Waals surface area contributed by atoms with Crippen LogP contribution in [0, 0.1) is 0 Å². The van der Waals surface area contributed by atoms with Crippen LogP contribution in [0.1, 0.15) is 12.8 Å². The van der Waals surface area contributed by atoms with Crippen LogP contribution in [0.2, 0.25) is 0 Å². The summed E-state index contributed by atoms with van der Waals surface area (Å²) in [6.45, 7) is -0.160. The number of ether oxygens (including phenoxy) is 2. The maximum absolute atomic E-state index is 12.5. The van der Waals surface area contributed by atoms with Gasteiger partial charge < -0.3 is 39.4 Å². The summed E-state index contributed by atoms with van der Waals surface area (Å²) in [5.74, 6) is -2.11. The maximum atomic E-state index is 12.5. The Morgan fingerprint density at radius 1 is 1.00 bits per heavy atom. The summed E-state index contributed by atoms with van der Waals surface area (Å²) in [4.78, 5) is 12.5. The van der Waals surface area contributed by atoms with Crippen LogP contribution in [-0.2, 0) is 4.74 Å². The molecule has 0 spiro atoms. The molecule has 2 atom stereocenters. The Hall–Kier alpha value is -3.43. The Bertz CT molecular complexity index is 1130. The molecule has 0 aliphatic carbocycles. The van der Waals surface area contributed by atoms with E-state index < -0.39 is 23.2 Å². The van der Waals surface area contributed by atoms with E-state index in [1.165, 1.54) is 24.3 Å². The Labute approximate surface area is 163 Å². The molecule has 1 fully saturated rings. The highest BCUT2D eigenvalue weighted by Crippen LogP contribution is 2.43. The standard InChI is InChI=1S/C20H18O9/c21-8-10-2-4-17(27-10)29-16-7-15-18(20(26)19(16)25)13(24)6-14(28-15)9-1-3-11(22)12(23)5-9/h1,3,5-7,10,17,21-23,25-26H,2,4,8H2/t10?,17-/m1/s1. The molecule has 1 aromatic heterocycles. The van der Waals surface area contributed by atoms with Crippen molar-refractivity contribution >= 4 is 11.0 Å². The van der Waals surface area contributed by atoms with Gasteiger partial charge in [0.15, 0.2) is 28.4 Å².